The van der Waals surface area contributed by atoms with Crippen LogP contribution < -0.4 is 10.6 Å². The van der Waals surface area contributed by atoms with E-state index in [1.54, 1.807) is 0 Å². The molecule has 2 fully saturated rings. The van der Waals surface area contributed by atoms with Gasteiger partial charge in [0.1, 0.15) is 0 Å². The Morgan fingerprint density at radius 3 is 2.94 bits per heavy atom. The van der Waals surface area contributed by atoms with E-state index in [9.17, 15) is 9.90 Å². The molecule has 2 rings (SSSR count). The quantitative estimate of drug-likeness (QED) is 0.675. The third kappa shape index (κ3) is 3.60. The Kier molecular flexibility index (Phi) is 5.13. The smallest absolute Gasteiger partial charge is 0.238 e. The van der Waals surface area contributed by atoms with Gasteiger partial charge >= 0.3 is 0 Å². The lowest BCUT2D eigenvalue weighted by Gasteiger charge is -2.24. The van der Waals surface area contributed by atoms with Crippen molar-refractivity contribution in [3.05, 3.63) is 0 Å². The van der Waals surface area contributed by atoms with Gasteiger partial charge in [0, 0.05) is 31.2 Å². The van der Waals surface area contributed by atoms with Crippen LogP contribution in [0.4, 0.5) is 0 Å². The normalized spacial score (nSPS) is 33.6. The summed E-state index contributed by atoms with van der Waals surface area (Å²) in [5.74, 6) is 2.96. The summed E-state index contributed by atoms with van der Waals surface area (Å²) in [6.07, 6.45) is 3.43. The number of amides is 1. The van der Waals surface area contributed by atoms with Gasteiger partial charge in [0.15, 0.2) is 0 Å². The number of rotatable bonds is 4. The predicted octanol–water partition coefficient (Wildman–Crippen LogP) is 0.216. The van der Waals surface area contributed by atoms with Crippen LogP contribution in [0.5, 0.6) is 0 Å². The highest BCUT2D eigenvalue weighted by Gasteiger charge is 2.28. The topological polar surface area (TPSA) is 61.4 Å². The second kappa shape index (κ2) is 6.61. The van der Waals surface area contributed by atoms with Gasteiger partial charge in [-0.15, -0.1) is 0 Å². The summed E-state index contributed by atoms with van der Waals surface area (Å²) in [4.78, 5) is 11.9. The van der Waals surface area contributed by atoms with Crippen LogP contribution in [0.1, 0.15) is 19.3 Å². The molecule has 3 unspecified atom stereocenters. The standard InChI is InChI=1S/C12H22N2O2S/c15-7-10-3-1-2-9(10)6-14-12(16)11-8-17-5-4-13-11/h9-11,13,15H,1-8H2,(H,14,16). The molecule has 5 heteroatoms. The summed E-state index contributed by atoms with van der Waals surface area (Å²) in [7, 11) is 0. The fourth-order valence-electron chi connectivity index (χ4n) is 2.71. The van der Waals surface area contributed by atoms with Crippen molar-refractivity contribution in [2.45, 2.75) is 25.3 Å². The molecule has 0 aromatic carbocycles. The van der Waals surface area contributed by atoms with Crippen molar-refractivity contribution >= 4 is 17.7 Å². The van der Waals surface area contributed by atoms with E-state index in [0.717, 1.165) is 37.4 Å². The molecular formula is C12H22N2O2S. The minimum atomic E-state index is -0.0253. The zero-order valence-electron chi connectivity index (χ0n) is 10.2. The van der Waals surface area contributed by atoms with Gasteiger partial charge in [-0.05, 0) is 24.7 Å². The second-order valence-electron chi connectivity index (χ2n) is 4.96. The largest absolute Gasteiger partial charge is 0.396 e. The Morgan fingerprint density at radius 1 is 1.41 bits per heavy atom. The summed E-state index contributed by atoms with van der Waals surface area (Å²) in [5.41, 5.74) is 0. The molecule has 0 spiro atoms. The zero-order chi connectivity index (χ0) is 12.1. The Bertz CT molecular complexity index is 257. The minimum Gasteiger partial charge on any atom is -0.396 e. The number of thioether (sulfide) groups is 1. The lowest BCUT2D eigenvalue weighted by atomic mass is 9.97. The first-order valence-corrected chi connectivity index (χ1v) is 7.66. The number of hydrogen-bond donors (Lipinski definition) is 3. The highest BCUT2D eigenvalue weighted by atomic mass is 32.2. The first-order valence-electron chi connectivity index (χ1n) is 6.51. The number of aliphatic hydroxyl groups excluding tert-OH is 1. The molecule has 1 aliphatic heterocycles. The molecule has 0 radical (unpaired) electrons. The van der Waals surface area contributed by atoms with Crippen LogP contribution in [0.15, 0.2) is 0 Å². The number of hydrogen-bond acceptors (Lipinski definition) is 4. The molecule has 1 saturated carbocycles. The van der Waals surface area contributed by atoms with E-state index >= 15 is 0 Å². The molecule has 0 aromatic rings. The molecular weight excluding hydrogens is 236 g/mol. The Balaban J connectivity index is 1.71. The average Bonchev–Trinajstić information content (AvgIpc) is 2.84. The van der Waals surface area contributed by atoms with E-state index in [0.29, 0.717) is 11.8 Å². The van der Waals surface area contributed by atoms with Crippen molar-refractivity contribution in [3.63, 3.8) is 0 Å². The number of carbonyl (C=O) groups excluding carboxylic acids is 1. The van der Waals surface area contributed by atoms with Gasteiger partial charge in [-0.2, -0.15) is 11.8 Å². The highest BCUT2D eigenvalue weighted by Crippen LogP contribution is 2.30. The third-order valence-electron chi connectivity index (χ3n) is 3.83. The molecule has 0 bridgehead atoms. The summed E-state index contributed by atoms with van der Waals surface area (Å²) in [6.45, 7) is 1.91. The van der Waals surface area contributed by atoms with Crippen LogP contribution in [0.2, 0.25) is 0 Å². The van der Waals surface area contributed by atoms with Crippen molar-refractivity contribution < 1.29 is 9.90 Å². The Hall–Kier alpha value is -0.260. The van der Waals surface area contributed by atoms with E-state index in [-0.39, 0.29) is 18.6 Å². The molecule has 3 N–H and O–H groups in total. The lowest BCUT2D eigenvalue weighted by Crippen LogP contribution is -2.50. The molecule has 1 aliphatic carbocycles. The summed E-state index contributed by atoms with van der Waals surface area (Å²) in [5, 5.41) is 15.5. The predicted molar refractivity (Wildman–Crippen MR) is 70.0 cm³/mol. The fraction of sp³-hybridized carbons (Fsp3) is 0.917. The van der Waals surface area contributed by atoms with E-state index < -0.39 is 0 Å². The average molecular weight is 258 g/mol. The first kappa shape index (κ1) is 13.2. The maximum absolute atomic E-state index is 11.9. The maximum atomic E-state index is 11.9. The molecule has 1 heterocycles. The van der Waals surface area contributed by atoms with Crippen LogP contribution in [-0.4, -0.2) is 48.3 Å². The highest BCUT2D eigenvalue weighted by molar-refractivity contribution is 7.99. The van der Waals surface area contributed by atoms with Gasteiger partial charge in [0.25, 0.3) is 0 Å². The zero-order valence-corrected chi connectivity index (χ0v) is 11.0. The summed E-state index contributed by atoms with van der Waals surface area (Å²) in [6, 6.07) is -0.0253. The maximum Gasteiger partial charge on any atom is 0.238 e. The number of nitrogens with one attached hydrogen (secondary N) is 2. The Labute approximate surface area is 107 Å². The van der Waals surface area contributed by atoms with Crippen LogP contribution in [0.25, 0.3) is 0 Å². The van der Waals surface area contributed by atoms with Crippen LogP contribution in [0.3, 0.4) is 0 Å². The summed E-state index contributed by atoms with van der Waals surface area (Å²) < 4.78 is 0. The van der Waals surface area contributed by atoms with E-state index in [1.807, 2.05) is 11.8 Å². The van der Waals surface area contributed by atoms with Crippen molar-refractivity contribution in [1.29, 1.82) is 0 Å². The molecule has 1 amide bonds. The van der Waals surface area contributed by atoms with E-state index in [1.165, 1.54) is 6.42 Å². The second-order valence-corrected chi connectivity index (χ2v) is 6.11. The van der Waals surface area contributed by atoms with Gasteiger partial charge in [-0.25, -0.2) is 0 Å². The molecule has 17 heavy (non-hydrogen) atoms. The van der Waals surface area contributed by atoms with Crippen LogP contribution in [-0.2, 0) is 4.79 Å². The number of aliphatic hydroxyl groups is 1. The lowest BCUT2D eigenvalue weighted by molar-refractivity contribution is -0.122. The van der Waals surface area contributed by atoms with Gasteiger partial charge in [0.05, 0.1) is 6.04 Å². The van der Waals surface area contributed by atoms with Crippen molar-refractivity contribution in [1.82, 2.24) is 10.6 Å². The molecule has 0 aromatic heterocycles. The van der Waals surface area contributed by atoms with Crippen molar-refractivity contribution in [2.24, 2.45) is 11.8 Å². The van der Waals surface area contributed by atoms with Gasteiger partial charge in [-0.3, -0.25) is 4.79 Å². The fourth-order valence-corrected chi connectivity index (χ4v) is 3.65. The van der Waals surface area contributed by atoms with Gasteiger partial charge in [-0.1, -0.05) is 6.42 Å². The van der Waals surface area contributed by atoms with Crippen LogP contribution >= 0.6 is 11.8 Å². The summed E-state index contributed by atoms with van der Waals surface area (Å²) >= 11 is 1.83. The first-order chi connectivity index (χ1) is 8.31. The third-order valence-corrected chi connectivity index (χ3v) is 4.89. The number of carbonyl (C=O) groups is 1. The Morgan fingerprint density at radius 2 is 2.24 bits per heavy atom. The molecule has 3 atom stereocenters. The molecule has 4 nitrogen and oxygen atoms in total. The van der Waals surface area contributed by atoms with Gasteiger partial charge < -0.3 is 15.7 Å². The molecule has 1 saturated heterocycles. The monoisotopic (exact) mass is 258 g/mol. The molecule has 98 valence electrons. The molecule has 2 aliphatic rings. The van der Waals surface area contributed by atoms with E-state index in [2.05, 4.69) is 10.6 Å². The van der Waals surface area contributed by atoms with Crippen molar-refractivity contribution in [2.75, 3.05) is 31.2 Å². The minimum absolute atomic E-state index is 0.0253. The van der Waals surface area contributed by atoms with Gasteiger partial charge in [0.2, 0.25) is 5.91 Å². The SMILES string of the molecule is O=C(NCC1CCCC1CO)C1CSCCN1. The van der Waals surface area contributed by atoms with Crippen LogP contribution in [0, 0.1) is 11.8 Å². The van der Waals surface area contributed by atoms with Crippen molar-refractivity contribution in [3.8, 4) is 0 Å². The van der Waals surface area contributed by atoms with E-state index in [4.69, 9.17) is 0 Å².